The van der Waals surface area contributed by atoms with Crippen molar-refractivity contribution in [3.05, 3.63) is 42.1 Å². The number of rotatable bonds is 7. The van der Waals surface area contributed by atoms with Crippen LogP contribution in [0.15, 0.2) is 36.5 Å². The molecule has 7 nitrogen and oxygen atoms in total. The summed E-state index contributed by atoms with van der Waals surface area (Å²) in [5, 5.41) is 3.43. The number of hydrogen-bond donors (Lipinski definition) is 1. The smallest absolute Gasteiger partial charge is 0.226 e. The molecular weight excluding hydrogens is 320 g/mol. The van der Waals surface area contributed by atoms with Crippen LogP contribution in [-0.4, -0.2) is 61.9 Å². The highest BCUT2D eigenvalue weighted by Crippen LogP contribution is 2.22. The minimum Gasteiger partial charge on any atom is -0.497 e. The average molecular weight is 344 g/mol. The number of nitrogens with zero attached hydrogens (tertiary/aromatic N) is 3. The van der Waals surface area contributed by atoms with Gasteiger partial charge in [0.1, 0.15) is 5.75 Å². The predicted octanol–water partition coefficient (Wildman–Crippen LogP) is 1.98. The molecule has 3 rings (SSSR count). The summed E-state index contributed by atoms with van der Waals surface area (Å²) >= 11 is 0. The highest BCUT2D eigenvalue weighted by molar-refractivity contribution is 5.36. The van der Waals surface area contributed by atoms with Gasteiger partial charge in [-0.25, -0.2) is 4.98 Å². The maximum atomic E-state index is 5.45. The van der Waals surface area contributed by atoms with Crippen molar-refractivity contribution in [1.29, 1.82) is 0 Å². The summed E-state index contributed by atoms with van der Waals surface area (Å²) in [5.74, 6) is 1.93. The maximum Gasteiger partial charge on any atom is 0.226 e. The van der Waals surface area contributed by atoms with Gasteiger partial charge in [0.25, 0.3) is 0 Å². The van der Waals surface area contributed by atoms with Gasteiger partial charge in [-0.1, -0.05) is 12.1 Å². The molecule has 1 saturated heterocycles. The molecule has 0 amide bonds. The number of methoxy groups -OCH3 is 2. The predicted molar refractivity (Wildman–Crippen MR) is 95.2 cm³/mol. The zero-order valence-corrected chi connectivity index (χ0v) is 14.6. The minimum atomic E-state index is 0.0520. The first-order valence-electron chi connectivity index (χ1n) is 8.36. The maximum absolute atomic E-state index is 5.45. The third-order valence-electron chi connectivity index (χ3n) is 4.21. The second-order valence-corrected chi connectivity index (χ2v) is 5.81. The number of morpholine rings is 1. The standard InChI is InChI=1S/C18H24N4O3/c1-23-15-5-3-14(4-6-15)16(13-22-9-11-25-12-10-22)20-18-19-8-7-17(21-18)24-2/h3-8,16H,9-13H2,1-2H3,(H,19,20,21)/t16-/m1/s1. The molecular formula is C18H24N4O3. The van der Waals surface area contributed by atoms with Crippen molar-refractivity contribution >= 4 is 5.95 Å². The Balaban J connectivity index is 1.78. The van der Waals surface area contributed by atoms with Crippen LogP contribution in [0.2, 0.25) is 0 Å². The normalized spacial score (nSPS) is 16.2. The first-order chi connectivity index (χ1) is 12.3. The molecule has 2 aromatic rings. The Hall–Kier alpha value is -2.38. The molecule has 1 fully saturated rings. The lowest BCUT2D eigenvalue weighted by molar-refractivity contribution is 0.0360. The minimum absolute atomic E-state index is 0.0520. The van der Waals surface area contributed by atoms with E-state index < -0.39 is 0 Å². The Morgan fingerprint density at radius 2 is 1.88 bits per heavy atom. The largest absolute Gasteiger partial charge is 0.497 e. The monoisotopic (exact) mass is 344 g/mol. The van der Waals surface area contributed by atoms with Crippen LogP contribution in [0.25, 0.3) is 0 Å². The van der Waals surface area contributed by atoms with Gasteiger partial charge in [-0.15, -0.1) is 0 Å². The molecule has 134 valence electrons. The van der Waals surface area contributed by atoms with Crippen molar-refractivity contribution in [2.45, 2.75) is 6.04 Å². The number of nitrogens with one attached hydrogen (secondary N) is 1. The van der Waals surface area contributed by atoms with E-state index in [9.17, 15) is 0 Å². The van der Waals surface area contributed by atoms with Crippen LogP contribution in [-0.2, 0) is 4.74 Å². The quantitative estimate of drug-likeness (QED) is 0.823. The molecule has 1 N–H and O–H groups in total. The highest BCUT2D eigenvalue weighted by Gasteiger charge is 2.19. The van der Waals surface area contributed by atoms with Gasteiger partial charge in [-0.2, -0.15) is 4.98 Å². The topological polar surface area (TPSA) is 68.7 Å². The van der Waals surface area contributed by atoms with Gasteiger partial charge >= 0.3 is 0 Å². The van der Waals surface area contributed by atoms with Gasteiger partial charge < -0.3 is 19.5 Å². The van der Waals surface area contributed by atoms with E-state index >= 15 is 0 Å². The van der Waals surface area contributed by atoms with Gasteiger partial charge in [-0.3, -0.25) is 4.90 Å². The number of hydrogen-bond acceptors (Lipinski definition) is 7. The van der Waals surface area contributed by atoms with Crippen LogP contribution in [0, 0.1) is 0 Å². The Labute approximate surface area is 147 Å². The molecule has 0 aliphatic carbocycles. The number of benzene rings is 1. The third-order valence-corrected chi connectivity index (χ3v) is 4.21. The Morgan fingerprint density at radius 1 is 1.12 bits per heavy atom. The Kier molecular flexibility index (Phi) is 6.03. The van der Waals surface area contributed by atoms with E-state index in [2.05, 4.69) is 32.3 Å². The molecule has 0 unspecified atom stereocenters. The molecule has 1 aromatic heterocycles. The molecule has 0 radical (unpaired) electrons. The van der Waals surface area contributed by atoms with Crippen molar-refractivity contribution in [2.24, 2.45) is 0 Å². The van der Waals surface area contributed by atoms with Crippen LogP contribution in [0.1, 0.15) is 11.6 Å². The third kappa shape index (κ3) is 4.80. The fourth-order valence-electron chi connectivity index (χ4n) is 2.79. The molecule has 7 heteroatoms. The SMILES string of the molecule is COc1ccc([C@@H](CN2CCOCC2)Nc2nccc(OC)n2)cc1. The van der Waals surface area contributed by atoms with E-state index in [1.54, 1.807) is 26.5 Å². The second-order valence-electron chi connectivity index (χ2n) is 5.81. The van der Waals surface area contributed by atoms with E-state index in [-0.39, 0.29) is 6.04 Å². The van der Waals surface area contributed by atoms with Crippen LogP contribution in [0.4, 0.5) is 5.95 Å². The highest BCUT2D eigenvalue weighted by atomic mass is 16.5. The molecule has 1 aromatic carbocycles. The summed E-state index contributed by atoms with van der Waals surface area (Å²) in [6.07, 6.45) is 1.69. The molecule has 0 bridgehead atoms. The van der Waals surface area contributed by atoms with E-state index in [0.717, 1.165) is 44.2 Å². The molecule has 1 aliphatic heterocycles. The van der Waals surface area contributed by atoms with Gasteiger partial charge in [0.05, 0.1) is 33.5 Å². The molecule has 25 heavy (non-hydrogen) atoms. The van der Waals surface area contributed by atoms with E-state index in [4.69, 9.17) is 14.2 Å². The number of aromatic nitrogens is 2. The van der Waals surface area contributed by atoms with Crippen LogP contribution < -0.4 is 14.8 Å². The lowest BCUT2D eigenvalue weighted by Crippen LogP contribution is -2.40. The summed E-state index contributed by atoms with van der Waals surface area (Å²) in [7, 11) is 3.27. The molecule has 0 spiro atoms. The van der Waals surface area contributed by atoms with Crippen molar-refractivity contribution in [2.75, 3.05) is 52.4 Å². The molecule has 1 atom stereocenters. The summed E-state index contributed by atoms with van der Waals surface area (Å²) in [5.41, 5.74) is 1.15. The lowest BCUT2D eigenvalue weighted by atomic mass is 10.1. The first kappa shape index (κ1) is 17.4. The second kappa shape index (κ2) is 8.64. The van der Waals surface area contributed by atoms with Crippen molar-refractivity contribution in [3.8, 4) is 11.6 Å². The van der Waals surface area contributed by atoms with Gasteiger partial charge in [0, 0.05) is 31.9 Å². The fourth-order valence-corrected chi connectivity index (χ4v) is 2.79. The molecule has 1 aliphatic rings. The summed E-state index contributed by atoms with van der Waals surface area (Å²) < 4.78 is 15.9. The first-order valence-corrected chi connectivity index (χ1v) is 8.36. The molecule has 0 saturated carbocycles. The summed E-state index contributed by atoms with van der Waals surface area (Å²) in [6, 6.07) is 9.85. The van der Waals surface area contributed by atoms with E-state index in [0.29, 0.717) is 11.8 Å². The van der Waals surface area contributed by atoms with Crippen molar-refractivity contribution < 1.29 is 14.2 Å². The fraction of sp³-hybridized carbons (Fsp3) is 0.444. The zero-order valence-electron chi connectivity index (χ0n) is 14.6. The van der Waals surface area contributed by atoms with Crippen LogP contribution in [0.5, 0.6) is 11.6 Å². The lowest BCUT2D eigenvalue weighted by Gasteiger charge is -2.31. The van der Waals surface area contributed by atoms with Crippen molar-refractivity contribution in [3.63, 3.8) is 0 Å². The Morgan fingerprint density at radius 3 is 2.56 bits per heavy atom. The van der Waals surface area contributed by atoms with Gasteiger partial charge in [-0.05, 0) is 17.7 Å². The average Bonchev–Trinajstić information content (AvgIpc) is 2.68. The van der Waals surface area contributed by atoms with E-state index in [1.807, 2.05) is 12.1 Å². The Bertz CT molecular complexity index is 660. The number of ether oxygens (including phenoxy) is 3. The summed E-state index contributed by atoms with van der Waals surface area (Å²) in [6.45, 7) is 4.23. The van der Waals surface area contributed by atoms with Gasteiger partial charge in [0.15, 0.2) is 0 Å². The van der Waals surface area contributed by atoms with Crippen molar-refractivity contribution in [1.82, 2.24) is 14.9 Å². The van der Waals surface area contributed by atoms with Gasteiger partial charge in [0.2, 0.25) is 11.8 Å². The van der Waals surface area contributed by atoms with Crippen LogP contribution >= 0.6 is 0 Å². The summed E-state index contributed by atoms with van der Waals surface area (Å²) in [4.78, 5) is 11.1. The zero-order chi connectivity index (χ0) is 17.5. The van der Waals surface area contributed by atoms with E-state index in [1.165, 1.54) is 0 Å². The molecule has 2 heterocycles. The van der Waals surface area contributed by atoms with Crippen LogP contribution in [0.3, 0.4) is 0 Å². The number of anilines is 1.